The van der Waals surface area contributed by atoms with Gasteiger partial charge in [-0.25, -0.2) is 32.3 Å². The SMILES string of the molecule is CC1(NC(=O)OCC2CC(c3cnc(Nc4ccc(S(=O)(=O)NC5(C)CC5)cc4F)nc3)C2)CC1.[HH].[HH].[HH]. The van der Waals surface area contributed by atoms with Crippen molar-refractivity contribution in [3.63, 3.8) is 0 Å². The van der Waals surface area contributed by atoms with Crippen LogP contribution in [0.15, 0.2) is 35.5 Å². The zero-order valence-electron chi connectivity index (χ0n) is 19.8. The van der Waals surface area contributed by atoms with Crippen molar-refractivity contribution in [3.05, 3.63) is 42.0 Å². The van der Waals surface area contributed by atoms with Crippen LogP contribution in [0, 0.1) is 11.7 Å². The second-order valence-corrected chi connectivity index (χ2v) is 12.3. The Bertz CT molecular complexity index is 1240. The molecule has 2 aromatic rings. The smallest absolute Gasteiger partial charge is 0.407 e. The Morgan fingerprint density at radius 3 is 2.40 bits per heavy atom. The molecule has 35 heavy (non-hydrogen) atoms. The molecule has 1 aromatic carbocycles. The predicted molar refractivity (Wildman–Crippen MR) is 134 cm³/mol. The Balaban J connectivity index is 0.00000169. The highest BCUT2D eigenvalue weighted by molar-refractivity contribution is 7.89. The standard InChI is InChI=1S/C24H30FN5O4S.3H2/c1-23(5-6-23)29-22(31)34-14-15-9-16(10-15)17-12-26-21(27-13-17)28-20-4-3-18(11-19(20)25)35(32,33)30-24(2)7-8-24;;;/h3-4,11-13,15-16,30H,5-10,14H2,1-2H3,(H,29,31)(H,26,27,28);3*1H. The molecule has 1 aromatic heterocycles. The molecule has 0 spiro atoms. The third-order valence-electron chi connectivity index (χ3n) is 7.11. The van der Waals surface area contributed by atoms with Gasteiger partial charge in [-0.05, 0) is 88.0 Å². The van der Waals surface area contributed by atoms with E-state index in [1.807, 2.05) is 13.8 Å². The zero-order valence-corrected chi connectivity index (χ0v) is 20.6. The molecule has 5 rings (SSSR count). The van der Waals surface area contributed by atoms with Crippen molar-refractivity contribution >= 4 is 27.8 Å². The van der Waals surface area contributed by atoms with E-state index in [-0.39, 0.29) is 32.4 Å². The lowest BCUT2D eigenvalue weighted by atomic mass is 9.72. The fourth-order valence-electron chi connectivity index (χ4n) is 4.10. The summed E-state index contributed by atoms with van der Waals surface area (Å²) in [5.74, 6) is 0.125. The predicted octanol–water partition coefficient (Wildman–Crippen LogP) is 4.70. The van der Waals surface area contributed by atoms with Gasteiger partial charge < -0.3 is 15.4 Å². The van der Waals surface area contributed by atoms with Crippen LogP contribution >= 0.6 is 0 Å². The number of rotatable bonds is 9. The monoisotopic (exact) mass is 509 g/mol. The van der Waals surface area contributed by atoms with E-state index in [1.165, 1.54) is 12.1 Å². The third-order valence-corrected chi connectivity index (χ3v) is 8.75. The molecule has 9 nitrogen and oxygen atoms in total. The number of anilines is 2. The summed E-state index contributed by atoms with van der Waals surface area (Å²) in [6.07, 6.45) is 8.37. The number of carbonyl (C=O) groups is 1. The summed E-state index contributed by atoms with van der Waals surface area (Å²) in [7, 11) is -3.78. The van der Waals surface area contributed by atoms with Crippen molar-refractivity contribution in [2.75, 3.05) is 11.9 Å². The highest BCUT2D eigenvalue weighted by atomic mass is 32.2. The summed E-state index contributed by atoms with van der Waals surface area (Å²) in [5.41, 5.74) is 0.552. The van der Waals surface area contributed by atoms with E-state index in [0.29, 0.717) is 18.4 Å². The number of nitrogens with one attached hydrogen (secondary N) is 3. The summed E-state index contributed by atoms with van der Waals surface area (Å²) in [6, 6.07) is 3.72. The van der Waals surface area contributed by atoms with Crippen molar-refractivity contribution in [2.24, 2.45) is 5.92 Å². The quantitative estimate of drug-likeness (QED) is 0.448. The van der Waals surface area contributed by atoms with E-state index in [9.17, 15) is 17.6 Å². The maximum Gasteiger partial charge on any atom is 0.407 e. The molecule has 3 fully saturated rings. The van der Waals surface area contributed by atoms with Crippen LogP contribution in [-0.4, -0.2) is 42.2 Å². The van der Waals surface area contributed by atoms with E-state index in [4.69, 9.17) is 4.74 Å². The molecule has 0 atom stereocenters. The topological polar surface area (TPSA) is 122 Å². The third kappa shape index (κ3) is 5.72. The largest absolute Gasteiger partial charge is 0.449 e. The van der Waals surface area contributed by atoms with Gasteiger partial charge in [0.1, 0.15) is 5.82 Å². The van der Waals surface area contributed by atoms with Crippen LogP contribution < -0.4 is 15.4 Å². The second-order valence-electron chi connectivity index (χ2n) is 10.6. The van der Waals surface area contributed by atoms with Crippen LogP contribution in [0.2, 0.25) is 0 Å². The van der Waals surface area contributed by atoms with Crippen LogP contribution in [0.4, 0.5) is 20.8 Å². The molecular weight excluding hydrogens is 473 g/mol. The first-order valence-corrected chi connectivity index (χ1v) is 13.4. The summed E-state index contributed by atoms with van der Waals surface area (Å²) in [4.78, 5) is 20.2. The molecule has 0 radical (unpaired) electrons. The Morgan fingerprint density at radius 1 is 1.14 bits per heavy atom. The number of halogens is 1. The van der Waals surface area contributed by atoms with Crippen LogP contribution in [-0.2, 0) is 14.8 Å². The average molecular weight is 510 g/mol. The summed E-state index contributed by atoms with van der Waals surface area (Å²) in [6.45, 7) is 4.23. The van der Waals surface area contributed by atoms with E-state index in [0.717, 1.165) is 50.2 Å². The van der Waals surface area contributed by atoms with Gasteiger partial charge in [0, 0.05) is 27.8 Å². The second kappa shape index (κ2) is 8.70. The number of nitrogens with zero attached hydrogens (tertiary/aromatic N) is 2. The van der Waals surface area contributed by atoms with Gasteiger partial charge in [-0.3, -0.25) is 0 Å². The molecule has 0 saturated heterocycles. The first-order chi connectivity index (χ1) is 16.5. The van der Waals surface area contributed by atoms with Crippen molar-refractivity contribution in [3.8, 4) is 0 Å². The molecule has 3 N–H and O–H groups in total. The number of sulfonamides is 1. The molecule has 0 unspecified atom stereocenters. The number of alkyl carbamates (subject to hydrolysis) is 1. The van der Waals surface area contributed by atoms with Gasteiger partial charge in [0.2, 0.25) is 16.0 Å². The van der Waals surface area contributed by atoms with Gasteiger partial charge in [-0.1, -0.05) is 0 Å². The Labute approximate surface area is 208 Å². The molecule has 3 saturated carbocycles. The maximum absolute atomic E-state index is 14.6. The Kier molecular flexibility index (Phi) is 5.95. The zero-order chi connectivity index (χ0) is 24.8. The summed E-state index contributed by atoms with van der Waals surface area (Å²) < 4.78 is 47.4. The molecular formula is C24H36FN5O4S. The molecule has 0 bridgehead atoms. The van der Waals surface area contributed by atoms with Gasteiger partial charge in [-0.2, -0.15) is 0 Å². The average Bonchev–Trinajstić information content (AvgIpc) is 3.68. The molecule has 0 aliphatic heterocycles. The van der Waals surface area contributed by atoms with Gasteiger partial charge in [-0.15, -0.1) is 0 Å². The fraction of sp³-hybridized carbons (Fsp3) is 0.542. The normalized spacial score (nSPS) is 23.6. The minimum atomic E-state index is -3.78. The minimum absolute atomic E-state index is 0. The van der Waals surface area contributed by atoms with Crippen molar-refractivity contribution in [2.45, 2.75) is 74.3 Å². The first-order valence-electron chi connectivity index (χ1n) is 11.9. The van der Waals surface area contributed by atoms with E-state index in [1.54, 1.807) is 12.4 Å². The number of hydrogen-bond donors (Lipinski definition) is 3. The molecule has 1 amide bonds. The van der Waals surface area contributed by atoms with Crippen LogP contribution in [0.1, 0.15) is 68.1 Å². The maximum atomic E-state index is 14.6. The molecule has 3 aliphatic rings. The molecule has 11 heteroatoms. The molecule has 1 heterocycles. The van der Waals surface area contributed by atoms with Gasteiger partial charge >= 0.3 is 6.09 Å². The number of amides is 1. The van der Waals surface area contributed by atoms with E-state index in [2.05, 4.69) is 25.3 Å². The lowest BCUT2D eigenvalue weighted by Gasteiger charge is -2.34. The van der Waals surface area contributed by atoms with Crippen LogP contribution in [0.25, 0.3) is 0 Å². The first kappa shape index (κ1) is 23.9. The Hall–Kier alpha value is -2.79. The lowest BCUT2D eigenvalue weighted by molar-refractivity contribution is 0.0918. The highest BCUT2D eigenvalue weighted by Crippen LogP contribution is 2.41. The van der Waals surface area contributed by atoms with Crippen LogP contribution in [0.3, 0.4) is 0 Å². The number of hydrogen-bond acceptors (Lipinski definition) is 7. The fourth-order valence-corrected chi connectivity index (χ4v) is 5.58. The summed E-state index contributed by atoms with van der Waals surface area (Å²) in [5, 5.41) is 5.68. The molecule has 3 aliphatic carbocycles. The number of benzene rings is 1. The van der Waals surface area contributed by atoms with Crippen LogP contribution in [0.5, 0.6) is 0 Å². The minimum Gasteiger partial charge on any atom is -0.449 e. The molecule has 194 valence electrons. The van der Waals surface area contributed by atoms with Gasteiger partial charge in [0.25, 0.3) is 0 Å². The Morgan fingerprint density at radius 2 is 1.80 bits per heavy atom. The highest BCUT2D eigenvalue weighted by Gasteiger charge is 2.41. The van der Waals surface area contributed by atoms with E-state index < -0.39 is 21.4 Å². The number of ether oxygens (including phenoxy) is 1. The van der Waals surface area contributed by atoms with E-state index >= 15 is 0 Å². The van der Waals surface area contributed by atoms with Crippen molar-refractivity contribution in [1.82, 2.24) is 20.0 Å². The summed E-state index contributed by atoms with van der Waals surface area (Å²) >= 11 is 0. The van der Waals surface area contributed by atoms with Crippen molar-refractivity contribution in [1.29, 1.82) is 0 Å². The number of carbonyl (C=O) groups excluding carboxylic acids is 1. The van der Waals surface area contributed by atoms with Crippen molar-refractivity contribution < 1.29 is 26.6 Å². The number of aromatic nitrogens is 2. The van der Waals surface area contributed by atoms with Gasteiger partial charge in [0.15, 0.2) is 0 Å². The lowest BCUT2D eigenvalue weighted by Crippen LogP contribution is -2.36. The van der Waals surface area contributed by atoms with Gasteiger partial charge in [0.05, 0.1) is 17.2 Å².